The van der Waals surface area contributed by atoms with Crippen molar-refractivity contribution in [1.29, 1.82) is 0 Å². The van der Waals surface area contributed by atoms with E-state index >= 15 is 0 Å². The lowest BCUT2D eigenvalue weighted by Gasteiger charge is -2.21. The van der Waals surface area contributed by atoms with Gasteiger partial charge in [0.15, 0.2) is 0 Å². The van der Waals surface area contributed by atoms with Gasteiger partial charge in [-0.1, -0.05) is 19.8 Å². The molecule has 1 unspecified atom stereocenters. The van der Waals surface area contributed by atoms with Gasteiger partial charge in [0.25, 0.3) is 0 Å². The molecule has 5 nitrogen and oxygen atoms in total. The smallest absolute Gasteiger partial charge is 0.134 e. The quantitative estimate of drug-likeness (QED) is 0.791. The summed E-state index contributed by atoms with van der Waals surface area (Å²) in [5.41, 5.74) is 5.95. The summed E-state index contributed by atoms with van der Waals surface area (Å²) in [4.78, 5) is 13.2. The number of nitrogens with zero attached hydrogens (tertiary/aromatic N) is 4. The third-order valence-electron chi connectivity index (χ3n) is 3.68. The Kier molecular flexibility index (Phi) is 4.96. The van der Waals surface area contributed by atoms with E-state index in [0.29, 0.717) is 0 Å². The normalized spacial score (nSPS) is 18.9. The van der Waals surface area contributed by atoms with E-state index in [1.165, 1.54) is 19.3 Å². The van der Waals surface area contributed by atoms with E-state index in [9.17, 15) is 0 Å². The maximum atomic E-state index is 5.95. The lowest BCUT2D eigenvalue weighted by molar-refractivity contribution is 0.700. The molecule has 1 fully saturated rings. The molecular formula is C14H25N5. The average molecular weight is 263 g/mol. The van der Waals surface area contributed by atoms with Crippen molar-refractivity contribution in [1.82, 2.24) is 9.97 Å². The zero-order chi connectivity index (χ0) is 13.7. The van der Waals surface area contributed by atoms with Crippen LogP contribution in [0.15, 0.2) is 12.4 Å². The Labute approximate surface area is 115 Å². The van der Waals surface area contributed by atoms with E-state index in [0.717, 1.165) is 37.7 Å². The van der Waals surface area contributed by atoms with Crippen molar-refractivity contribution >= 4 is 11.6 Å². The van der Waals surface area contributed by atoms with E-state index in [2.05, 4.69) is 39.8 Å². The third kappa shape index (κ3) is 3.80. The SMILES string of the molecule is CCCCCN(C)c1cc(N2CCC(N)C2)ncn1. The summed E-state index contributed by atoms with van der Waals surface area (Å²) in [5.74, 6) is 2.00. The molecule has 2 heterocycles. The molecule has 0 aliphatic carbocycles. The zero-order valence-corrected chi connectivity index (χ0v) is 12.0. The summed E-state index contributed by atoms with van der Waals surface area (Å²) in [6, 6.07) is 2.35. The van der Waals surface area contributed by atoms with E-state index in [4.69, 9.17) is 5.73 Å². The van der Waals surface area contributed by atoms with Gasteiger partial charge in [-0.25, -0.2) is 9.97 Å². The lowest BCUT2D eigenvalue weighted by atomic mass is 10.2. The molecule has 1 aliphatic rings. The topological polar surface area (TPSA) is 58.3 Å². The van der Waals surface area contributed by atoms with Gasteiger partial charge < -0.3 is 15.5 Å². The first kappa shape index (κ1) is 14.1. The van der Waals surface area contributed by atoms with Crippen LogP contribution in [-0.2, 0) is 0 Å². The molecule has 5 heteroatoms. The Morgan fingerprint density at radius 2 is 2.26 bits per heavy atom. The lowest BCUT2D eigenvalue weighted by Crippen LogP contribution is -2.27. The van der Waals surface area contributed by atoms with Crippen molar-refractivity contribution < 1.29 is 0 Å². The number of unbranched alkanes of at least 4 members (excludes halogenated alkanes) is 2. The highest BCUT2D eigenvalue weighted by atomic mass is 15.2. The summed E-state index contributed by atoms with van der Waals surface area (Å²) < 4.78 is 0. The van der Waals surface area contributed by atoms with Gasteiger partial charge in [-0.05, 0) is 12.8 Å². The van der Waals surface area contributed by atoms with E-state index in [-0.39, 0.29) is 6.04 Å². The van der Waals surface area contributed by atoms with Gasteiger partial charge in [-0.15, -0.1) is 0 Å². The number of hydrogen-bond donors (Lipinski definition) is 1. The van der Waals surface area contributed by atoms with Crippen LogP contribution in [0.3, 0.4) is 0 Å². The molecule has 1 aromatic rings. The third-order valence-corrected chi connectivity index (χ3v) is 3.68. The Morgan fingerprint density at radius 1 is 1.42 bits per heavy atom. The van der Waals surface area contributed by atoms with Crippen molar-refractivity contribution in [3.63, 3.8) is 0 Å². The van der Waals surface area contributed by atoms with Crippen LogP contribution in [0.4, 0.5) is 11.6 Å². The second-order valence-electron chi connectivity index (χ2n) is 5.36. The largest absolute Gasteiger partial charge is 0.360 e. The fourth-order valence-corrected chi connectivity index (χ4v) is 2.43. The molecule has 1 atom stereocenters. The number of hydrogen-bond acceptors (Lipinski definition) is 5. The monoisotopic (exact) mass is 263 g/mol. The van der Waals surface area contributed by atoms with E-state index in [1.54, 1.807) is 6.33 Å². The highest BCUT2D eigenvalue weighted by Crippen LogP contribution is 2.20. The fraction of sp³-hybridized carbons (Fsp3) is 0.714. The van der Waals surface area contributed by atoms with E-state index < -0.39 is 0 Å². The van der Waals surface area contributed by atoms with Crippen LogP contribution in [0.5, 0.6) is 0 Å². The predicted octanol–water partition coefficient (Wildman–Crippen LogP) is 1.64. The van der Waals surface area contributed by atoms with Gasteiger partial charge in [0.05, 0.1) is 0 Å². The maximum Gasteiger partial charge on any atom is 0.134 e. The second-order valence-corrected chi connectivity index (χ2v) is 5.36. The van der Waals surface area contributed by atoms with Crippen molar-refractivity contribution in [2.45, 2.75) is 38.6 Å². The van der Waals surface area contributed by atoms with Crippen molar-refractivity contribution in [3.8, 4) is 0 Å². The molecule has 0 saturated carbocycles. The summed E-state index contributed by atoms with van der Waals surface area (Å²) >= 11 is 0. The number of anilines is 2. The van der Waals surface area contributed by atoms with Crippen LogP contribution in [0.25, 0.3) is 0 Å². The van der Waals surface area contributed by atoms with E-state index in [1.807, 2.05) is 0 Å². The van der Waals surface area contributed by atoms with Gasteiger partial charge in [0.2, 0.25) is 0 Å². The molecule has 1 aliphatic heterocycles. The molecule has 1 aromatic heterocycles. The van der Waals surface area contributed by atoms with Gasteiger partial charge in [0, 0.05) is 38.8 Å². The van der Waals surface area contributed by atoms with Gasteiger partial charge >= 0.3 is 0 Å². The van der Waals surface area contributed by atoms with Gasteiger partial charge in [-0.3, -0.25) is 0 Å². The first-order chi connectivity index (χ1) is 9.20. The minimum Gasteiger partial charge on any atom is -0.360 e. The molecule has 2 rings (SSSR count). The van der Waals surface area contributed by atoms with Crippen LogP contribution >= 0.6 is 0 Å². The molecule has 0 radical (unpaired) electrons. The second kappa shape index (κ2) is 6.70. The van der Waals surface area contributed by atoms with Crippen molar-refractivity contribution in [2.75, 3.05) is 36.5 Å². The minimum atomic E-state index is 0.278. The van der Waals surface area contributed by atoms with Crippen LogP contribution < -0.4 is 15.5 Å². The summed E-state index contributed by atoms with van der Waals surface area (Å²) in [6.45, 7) is 5.16. The average Bonchev–Trinajstić information content (AvgIpc) is 2.86. The first-order valence-electron chi connectivity index (χ1n) is 7.24. The Balaban J connectivity index is 1.98. The van der Waals surface area contributed by atoms with Crippen LogP contribution in [0, 0.1) is 0 Å². The van der Waals surface area contributed by atoms with Crippen molar-refractivity contribution in [3.05, 3.63) is 12.4 Å². The van der Waals surface area contributed by atoms with Crippen LogP contribution in [0.1, 0.15) is 32.6 Å². The number of rotatable bonds is 6. The predicted molar refractivity (Wildman–Crippen MR) is 79.6 cm³/mol. The molecule has 0 spiro atoms. The maximum absolute atomic E-state index is 5.95. The summed E-state index contributed by atoms with van der Waals surface area (Å²) in [5, 5.41) is 0. The highest BCUT2D eigenvalue weighted by molar-refractivity contribution is 5.50. The minimum absolute atomic E-state index is 0.278. The number of aromatic nitrogens is 2. The molecule has 0 amide bonds. The Morgan fingerprint density at radius 3 is 2.95 bits per heavy atom. The van der Waals surface area contributed by atoms with Crippen molar-refractivity contribution in [2.24, 2.45) is 5.73 Å². The van der Waals surface area contributed by atoms with Crippen LogP contribution in [-0.4, -0.2) is 42.7 Å². The Bertz CT molecular complexity index is 395. The first-order valence-corrected chi connectivity index (χ1v) is 7.24. The molecule has 19 heavy (non-hydrogen) atoms. The molecule has 106 valence electrons. The molecule has 1 saturated heterocycles. The van der Waals surface area contributed by atoms with Gasteiger partial charge in [0.1, 0.15) is 18.0 Å². The fourth-order valence-electron chi connectivity index (χ4n) is 2.43. The Hall–Kier alpha value is -1.36. The molecule has 0 aromatic carbocycles. The highest BCUT2D eigenvalue weighted by Gasteiger charge is 2.20. The molecule has 2 N–H and O–H groups in total. The number of nitrogens with two attached hydrogens (primary N) is 1. The molecular weight excluding hydrogens is 238 g/mol. The summed E-state index contributed by atoms with van der Waals surface area (Å²) in [7, 11) is 2.09. The van der Waals surface area contributed by atoms with Crippen LogP contribution in [0.2, 0.25) is 0 Å². The zero-order valence-electron chi connectivity index (χ0n) is 12.0. The van der Waals surface area contributed by atoms with Gasteiger partial charge in [-0.2, -0.15) is 0 Å². The molecule has 0 bridgehead atoms. The standard InChI is InChI=1S/C14H25N5/c1-3-4-5-7-18(2)13-9-14(17-11-16-13)19-8-6-12(15)10-19/h9,11-12H,3-8,10,15H2,1-2H3. The summed E-state index contributed by atoms with van der Waals surface area (Å²) in [6.07, 6.45) is 6.43.